The highest BCUT2D eigenvalue weighted by atomic mass is 16.5. The highest BCUT2D eigenvalue weighted by Crippen LogP contribution is 2.24. The normalized spacial score (nSPS) is 10.9. The molecule has 3 aromatic carbocycles. The Bertz CT molecular complexity index is 938. The lowest BCUT2D eigenvalue weighted by molar-refractivity contribution is -0.123. The Labute approximate surface area is 144 Å². The Kier molecular flexibility index (Phi) is 4.80. The third-order valence-electron chi connectivity index (χ3n) is 3.49. The number of nitrogens with zero attached hydrogens (tertiary/aromatic N) is 1. The van der Waals surface area contributed by atoms with E-state index in [2.05, 4.69) is 10.5 Å². The minimum atomic E-state index is -0.410. The van der Waals surface area contributed by atoms with Gasteiger partial charge in [-0.25, -0.2) is 5.43 Å². The van der Waals surface area contributed by atoms with Crippen molar-refractivity contribution in [3.8, 4) is 17.2 Å². The third kappa shape index (κ3) is 4.26. The van der Waals surface area contributed by atoms with E-state index in [1.165, 1.54) is 18.3 Å². The van der Waals surface area contributed by atoms with E-state index in [0.29, 0.717) is 11.3 Å². The van der Waals surface area contributed by atoms with Gasteiger partial charge in [0, 0.05) is 0 Å². The second-order valence-electron chi connectivity index (χ2n) is 5.34. The van der Waals surface area contributed by atoms with Gasteiger partial charge in [-0.05, 0) is 46.7 Å². The van der Waals surface area contributed by atoms with Crippen molar-refractivity contribution in [2.75, 3.05) is 6.61 Å². The van der Waals surface area contributed by atoms with Gasteiger partial charge >= 0.3 is 0 Å². The van der Waals surface area contributed by atoms with Crippen LogP contribution in [0.4, 0.5) is 0 Å². The van der Waals surface area contributed by atoms with Gasteiger partial charge in [0.25, 0.3) is 5.91 Å². The number of nitrogens with one attached hydrogen (secondary N) is 1. The van der Waals surface area contributed by atoms with Gasteiger partial charge in [0.1, 0.15) is 5.75 Å². The van der Waals surface area contributed by atoms with Crippen LogP contribution in [0.5, 0.6) is 17.2 Å². The van der Waals surface area contributed by atoms with Crippen molar-refractivity contribution in [1.82, 2.24) is 5.43 Å². The Hall–Kier alpha value is -3.54. The van der Waals surface area contributed by atoms with Gasteiger partial charge in [-0.15, -0.1) is 0 Å². The van der Waals surface area contributed by atoms with Gasteiger partial charge in [0.2, 0.25) is 0 Å². The zero-order chi connectivity index (χ0) is 17.6. The predicted molar refractivity (Wildman–Crippen MR) is 95.0 cm³/mol. The van der Waals surface area contributed by atoms with Crippen molar-refractivity contribution in [1.29, 1.82) is 0 Å². The number of benzene rings is 3. The summed E-state index contributed by atoms with van der Waals surface area (Å²) in [5, 5.41) is 24.5. The lowest BCUT2D eigenvalue weighted by Crippen LogP contribution is -2.24. The van der Waals surface area contributed by atoms with Gasteiger partial charge in [-0.3, -0.25) is 4.79 Å². The summed E-state index contributed by atoms with van der Waals surface area (Å²) < 4.78 is 5.45. The van der Waals surface area contributed by atoms with Gasteiger partial charge in [-0.1, -0.05) is 30.3 Å². The molecule has 0 radical (unpaired) electrons. The van der Waals surface area contributed by atoms with E-state index in [1.807, 2.05) is 36.4 Å². The molecule has 126 valence electrons. The zero-order valence-electron chi connectivity index (χ0n) is 13.2. The molecule has 6 heteroatoms. The van der Waals surface area contributed by atoms with E-state index >= 15 is 0 Å². The number of aromatic hydroxyl groups is 2. The van der Waals surface area contributed by atoms with E-state index < -0.39 is 5.91 Å². The van der Waals surface area contributed by atoms with Crippen molar-refractivity contribution in [3.63, 3.8) is 0 Å². The molecule has 25 heavy (non-hydrogen) atoms. The van der Waals surface area contributed by atoms with Crippen LogP contribution in [0.25, 0.3) is 10.8 Å². The monoisotopic (exact) mass is 336 g/mol. The largest absolute Gasteiger partial charge is 0.504 e. The van der Waals surface area contributed by atoms with Crippen LogP contribution in [-0.2, 0) is 4.79 Å². The molecule has 0 spiro atoms. The second kappa shape index (κ2) is 7.35. The molecule has 0 aliphatic heterocycles. The van der Waals surface area contributed by atoms with Gasteiger partial charge in [0.15, 0.2) is 18.1 Å². The predicted octanol–water partition coefficient (Wildman–Crippen LogP) is 2.78. The van der Waals surface area contributed by atoms with Crippen molar-refractivity contribution in [2.24, 2.45) is 5.10 Å². The highest BCUT2D eigenvalue weighted by Gasteiger charge is 2.03. The summed E-state index contributed by atoms with van der Waals surface area (Å²) in [7, 11) is 0. The summed E-state index contributed by atoms with van der Waals surface area (Å²) in [6.45, 7) is -0.170. The summed E-state index contributed by atoms with van der Waals surface area (Å²) in [5.41, 5.74) is 2.87. The first kappa shape index (κ1) is 16.3. The molecule has 0 fully saturated rings. The zero-order valence-corrected chi connectivity index (χ0v) is 13.2. The minimum absolute atomic E-state index is 0.170. The third-order valence-corrected chi connectivity index (χ3v) is 3.49. The Morgan fingerprint density at radius 1 is 1.00 bits per heavy atom. The van der Waals surface area contributed by atoms with Crippen LogP contribution in [0.1, 0.15) is 5.56 Å². The number of phenolic OH excluding ortho intramolecular Hbond substituents is 2. The van der Waals surface area contributed by atoms with E-state index in [4.69, 9.17) is 4.74 Å². The number of carbonyl (C=O) groups is 1. The molecule has 0 aliphatic rings. The van der Waals surface area contributed by atoms with E-state index in [0.717, 1.165) is 10.8 Å². The number of phenols is 2. The summed E-state index contributed by atoms with van der Waals surface area (Å²) in [4.78, 5) is 11.8. The average molecular weight is 336 g/mol. The Balaban J connectivity index is 1.53. The molecule has 0 unspecified atom stereocenters. The van der Waals surface area contributed by atoms with Crippen molar-refractivity contribution in [2.45, 2.75) is 0 Å². The number of amides is 1. The first-order chi connectivity index (χ1) is 12.1. The summed E-state index contributed by atoms with van der Waals surface area (Å²) in [6, 6.07) is 17.7. The molecule has 6 nitrogen and oxygen atoms in total. The molecular weight excluding hydrogens is 320 g/mol. The maximum absolute atomic E-state index is 11.8. The van der Waals surface area contributed by atoms with Gasteiger partial charge in [0.05, 0.1) is 6.21 Å². The van der Waals surface area contributed by atoms with Crippen LogP contribution >= 0.6 is 0 Å². The van der Waals surface area contributed by atoms with Crippen LogP contribution in [0.2, 0.25) is 0 Å². The van der Waals surface area contributed by atoms with Crippen LogP contribution in [-0.4, -0.2) is 28.9 Å². The average Bonchev–Trinajstić information content (AvgIpc) is 2.63. The SMILES string of the molecule is O=C(COc1ccc2ccccc2c1)N/N=C/c1ccc(O)c(O)c1. The molecule has 1 amide bonds. The quantitative estimate of drug-likeness (QED) is 0.379. The van der Waals surface area contributed by atoms with E-state index in [1.54, 1.807) is 12.1 Å². The number of fused-ring (bicyclic) bond motifs is 1. The summed E-state index contributed by atoms with van der Waals surface area (Å²) in [6.07, 6.45) is 1.35. The fraction of sp³-hybridized carbons (Fsp3) is 0.0526. The number of hydrogen-bond acceptors (Lipinski definition) is 5. The maximum atomic E-state index is 11.8. The first-order valence-electron chi connectivity index (χ1n) is 7.57. The molecule has 0 aliphatic carbocycles. The second-order valence-corrected chi connectivity index (χ2v) is 5.34. The highest BCUT2D eigenvalue weighted by molar-refractivity contribution is 5.85. The Morgan fingerprint density at radius 3 is 2.60 bits per heavy atom. The van der Waals surface area contributed by atoms with Crippen molar-refractivity contribution < 1.29 is 19.7 Å². The number of hydrazone groups is 1. The fourth-order valence-electron chi connectivity index (χ4n) is 2.24. The van der Waals surface area contributed by atoms with Crippen molar-refractivity contribution in [3.05, 3.63) is 66.2 Å². The first-order valence-corrected chi connectivity index (χ1v) is 7.57. The number of carbonyl (C=O) groups excluding carboxylic acids is 1. The fourth-order valence-corrected chi connectivity index (χ4v) is 2.24. The van der Waals surface area contributed by atoms with Crippen LogP contribution in [0, 0.1) is 0 Å². The number of hydrogen-bond donors (Lipinski definition) is 3. The molecule has 0 heterocycles. The molecule has 3 rings (SSSR count). The topological polar surface area (TPSA) is 91.2 Å². The summed E-state index contributed by atoms with van der Waals surface area (Å²) in [5.74, 6) is -0.284. The maximum Gasteiger partial charge on any atom is 0.277 e. The molecule has 0 bridgehead atoms. The van der Waals surface area contributed by atoms with Gasteiger partial charge < -0.3 is 14.9 Å². The molecular formula is C19H16N2O4. The molecule has 0 atom stereocenters. The van der Waals surface area contributed by atoms with Crippen LogP contribution < -0.4 is 10.2 Å². The minimum Gasteiger partial charge on any atom is -0.504 e. The lowest BCUT2D eigenvalue weighted by Gasteiger charge is -2.06. The van der Waals surface area contributed by atoms with Crippen molar-refractivity contribution >= 4 is 22.9 Å². The van der Waals surface area contributed by atoms with Gasteiger partial charge in [-0.2, -0.15) is 5.10 Å². The Morgan fingerprint density at radius 2 is 1.80 bits per heavy atom. The van der Waals surface area contributed by atoms with Crippen LogP contribution in [0.3, 0.4) is 0 Å². The standard InChI is InChI=1S/C19H16N2O4/c22-17-8-5-13(9-18(17)23)11-20-21-19(24)12-25-16-7-6-14-3-1-2-4-15(14)10-16/h1-11,22-23H,12H2,(H,21,24)/b20-11+. The molecule has 0 saturated carbocycles. The molecule has 0 saturated heterocycles. The molecule has 0 aromatic heterocycles. The summed E-state index contributed by atoms with van der Waals surface area (Å²) >= 11 is 0. The smallest absolute Gasteiger partial charge is 0.277 e. The molecule has 3 N–H and O–H groups in total. The number of rotatable bonds is 5. The lowest BCUT2D eigenvalue weighted by atomic mass is 10.1. The molecule has 3 aromatic rings. The van der Waals surface area contributed by atoms with E-state index in [9.17, 15) is 15.0 Å². The van der Waals surface area contributed by atoms with Crippen LogP contribution in [0.15, 0.2) is 65.8 Å². The number of ether oxygens (including phenoxy) is 1. The van der Waals surface area contributed by atoms with E-state index in [-0.39, 0.29) is 18.1 Å².